The molecular formula is C15H15ClN4O6S. The van der Waals surface area contributed by atoms with Crippen molar-refractivity contribution in [3.05, 3.63) is 40.5 Å². The van der Waals surface area contributed by atoms with Gasteiger partial charge in [0, 0.05) is 6.07 Å². The molecule has 0 fully saturated rings. The monoisotopic (exact) mass is 414 g/mol. The fourth-order valence-electron chi connectivity index (χ4n) is 2.20. The van der Waals surface area contributed by atoms with Gasteiger partial charge in [-0.2, -0.15) is 4.98 Å². The van der Waals surface area contributed by atoms with Crippen molar-refractivity contribution < 1.29 is 27.9 Å². The van der Waals surface area contributed by atoms with E-state index in [1.807, 2.05) is 0 Å². The number of methoxy groups -OCH3 is 1. The van der Waals surface area contributed by atoms with E-state index < -0.39 is 32.5 Å². The van der Waals surface area contributed by atoms with Crippen LogP contribution in [0.5, 0.6) is 5.88 Å². The lowest BCUT2D eigenvalue weighted by molar-refractivity contribution is 0.0691. The van der Waals surface area contributed by atoms with Gasteiger partial charge in [0.05, 0.1) is 12.7 Å². The smallest absolute Gasteiger partial charge is 0.337 e. The van der Waals surface area contributed by atoms with Gasteiger partial charge < -0.3 is 9.84 Å². The number of hydrogen-bond acceptors (Lipinski definition) is 7. The predicted octanol–water partition coefficient (Wildman–Crippen LogP) is 1.91. The van der Waals surface area contributed by atoms with Gasteiger partial charge in [0.15, 0.2) is 0 Å². The molecule has 0 saturated heterocycles. The van der Waals surface area contributed by atoms with Gasteiger partial charge in [-0.1, -0.05) is 30.7 Å². The number of carboxylic acid groups (broad SMARTS) is 1. The largest absolute Gasteiger partial charge is 0.481 e. The van der Waals surface area contributed by atoms with Crippen LogP contribution in [-0.2, 0) is 16.4 Å². The molecule has 1 aromatic carbocycles. The third kappa shape index (κ3) is 4.83. The van der Waals surface area contributed by atoms with Crippen LogP contribution in [0.2, 0.25) is 5.15 Å². The fraction of sp³-hybridized carbons (Fsp3) is 0.200. The van der Waals surface area contributed by atoms with Gasteiger partial charge in [-0.25, -0.2) is 27.7 Å². The Morgan fingerprint density at radius 2 is 2.00 bits per heavy atom. The number of sulfonamides is 1. The summed E-state index contributed by atoms with van der Waals surface area (Å²) in [5.41, 5.74) is -0.0883. The number of carbonyl (C=O) groups excluding carboxylic acids is 1. The van der Waals surface area contributed by atoms with Gasteiger partial charge in [0.1, 0.15) is 10.0 Å². The highest BCUT2D eigenvalue weighted by Gasteiger charge is 2.26. The molecule has 2 rings (SSSR count). The molecule has 0 bridgehead atoms. The molecule has 3 N–H and O–H groups in total. The van der Waals surface area contributed by atoms with Crippen LogP contribution in [0.1, 0.15) is 22.8 Å². The van der Waals surface area contributed by atoms with Gasteiger partial charge in [0.2, 0.25) is 11.8 Å². The molecule has 0 spiro atoms. The number of amides is 2. The molecule has 144 valence electrons. The van der Waals surface area contributed by atoms with Crippen LogP contribution in [0.4, 0.5) is 10.7 Å². The van der Waals surface area contributed by atoms with Crippen LogP contribution in [0.25, 0.3) is 0 Å². The van der Waals surface area contributed by atoms with Crippen molar-refractivity contribution in [1.29, 1.82) is 0 Å². The van der Waals surface area contributed by atoms with Gasteiger partial charge in [-0.3, -0.25) is 5.32 Å². The van der Waals surface area contributed by atoms with Crippen LogP contribution in [-0.4, -0.2) is 42.6 Å². The van der Waals surface area contributed by atoms with E-state index in [9.17, 15) is 23.1 Å². The number of aromatic nitrogens is 2. The zero-order chi connectivity index (χ0) is 20.2. The first kappa shape index (κ1) is 20.4. The molecule has 1 aromatic heterocycles. The molecule has 0 aliphatic carbocycles. The first-order valence-corrected chi connectivity index (χ1v) is 9.31. The number of nitrogens with one attached hydrogen (secondary N) is 2. The number of aryl methyl sites for hydroxylation is 1. The van der Waals surface area contributed by atoms with Crippen molar-refractivity contribution in [2.45, 2.75) is 18.2 Å². The van der Waals surface area contributed by atoms with Crippen molar-refractivity contribution in [3.8, 4) is 5.88 Å². The Morgan fingerprint density at radius 3 is 2.59 bits per heavy atom. The molecule has 27 heavy (non-hydrogen) atoms. The Hall–Kier alpha value is -2.92. The van der Waals surface area contributed by atoms with E-state index in [0.717, 1.165) is 6.07 Å². The number of aromatic carboxylic acids is 1. The summed E-state index contributed by atoms with van der Waals surface area (Å²) >= 11 is 5.74. The van der Waals surface area contributed by atoms with Crippen molar-refractivity contribution in [1.82, 2.24) is 14.7 Å². The zero-order valence-corrected chi connectivity index (χ0v) is 15.8. The first-order valence-electron chi connectivity index (χ1n) is 7.45. The van der Waals surface area contributed by atoms with Crippen molar-refractivity contribution >= 4 is 39.6 Å². The van der Waals surface area contributed by atoms with Crippen molar-refractivity contribution in [2.24, 2.45) is 0 Å². The molecule has 1 heterocycles. The summed E-state index contributed by atoms with van der Waals surface area (Å²) in [4.78, 5) is 30.5. The minimum absolute atomic E-state index is 0.0381. The fourth-order valence-corrected chi connectivity index (χ4v) is 3.52. The lowest BCUT2D eigenvalue weighted by Crippen LogP contribution is -2.35. The second-order valence-corrected chi connectivity index (χ2v) is 7.10. The number of rotatable bonds is 6. The van der Waals surface area contributed by atoms with Crippen LogP contribution in [0.3, 0.4) is 0 Å². The van der Waals surface area contributed by atoms with Crippen LogP contribution in [0.15, 0.2) is 29.2 Å². The minimum atomic E-state index is -4.48. The Bertz CT molecular complexity index is 996. The molecule has 2 aromatic rings. The van der Waals surface area contributed by atoms with Crippen molar-refractivity contribution in [3.63, 3.8) is 0 Å². The number of benzene rings is 1. The Labute approximate surface area is 159 Å². The average Bonchev–Trinajstić information content (AvgIpc) is 2.59. The lowest BCUT2D eigenvalue weighted by Gasteiger charge is -2.12. The Morgan fingerprint density at radius 1 is 1.30 bits per heavy atom. The second-order valence-electron chi connectivity index (χ2n) is 5.07. The summed E-state index contributed by atoms with van der Waals surface area (Å²) in [7, 11) is -3.16. The van der Waals surface area contributed by atoms with E-state index in [-0.39, 0.29) is 17.0 Å². The van der Waals surface area contributed by atoms with Crippen molar-refractivity contribution in [2.75, 3.05) is 12.4 Å². The highest BCUT2D eigenvalue weighted by Crippen LogP contribution is 2.21. The Balaban J connectivity index is 2.30. The van der Waals surface area contributed by atoms with Crippen LogP contribution in [0, 0.1) is 0 Å². The number of carboxylic acids is 1. The topological polar surface area (TPSA) is 148 Å². The number of urea groups is 1. The summed E-state index contributed by atoms with van der Waals surface area (Å²) in [6.45, 7) is 1.68. The van der Waals surface area contributed by atoms with Gasteiger partial charge in [0.25, 0.3) is 10.0 Å². The molecule has 2 amide bonds. The highest BCUT2D eigenvalue weighted by molar-refractivity contribution is 7.90. The van der Waals surface area contributed by atoms with E-state index in [4.69, 9.17) is 16.3 Å². The summed E-state index contributed by atoms with van der Waals surface area (Å²) in [5.74, 6) is -1.67. The zero-order valence-electron chi connectivity index (χ0n) is 14.2. The number of ether oxygens (including phenoxy) is 1. The third-order valence-corrected chi connectivity index (χ3v) is 4.90. The minimum Gasteiger partial charge on any atom is -0.481 e. The summed E-state index contributed by atoms with van der Waals surface area (Å²) in [5, 5.41) is 11.4. The van der Waals surface area contributed by atoms with E-state index >= 15 is 0 Å². The maximum atomic E-state index is 12.5. The summed E-state index contributed by atoms with van der Waals surface area (Å²) in [6, 6.07) is 4.07. The van der Waals surface area contributed by atoms with Crippen LogP contribution >= 0.6 is 11.6 Å². The number of anilines is 1. The SMILES string of the molecule is CCc1cccc(S(=O)(=O)NC(=O)Nc2nc(Cl)cc(OC)n2)c1C(=O)O. The van der Waals surface area contributed by atoms with Gasteiger partial charge in [-0.05, 0) is 18.1 Å². The quantitative estimate of drug-likeness (QED) is 0.607. The maximum Gasteiger partial charge on any atom is 0.337 e. The van der Waals surface area contributed by atoms with Crippen LogP contribution < -0.4 is 14.8 Å². The normalized spacial score (nSPS) is 10.9. The third-order valence-electron chi connectivity index (χ3n) is 3.33. The summed E-state index contributed by atoms with van der Waals surface area (Å²) in [6.07, 6.45) is 0.299. The number of carbonyl (C=O) groups is 2. The number of halogens is 1. The molecule has 10 nitrogen and oxygen atoms in total. The molecule has 12 heteroatoms. The van der Waals surface area contributed by atoms with Gasteiger partial charge >= 0.3 is 12.0 Å². The lowest BCUT2D eigenvalue weighted by atomic mass is 10.1. The number of nitrogens with zero attached hydrogens (tertiary/aromatic N) is 2. The number of hydrogen-bond donors (Lipinski definition) is 3. The standard InChI is InChI=1S/C15H15ClN4O6S/c1-3-8-5-4-6-9(12(8)13(21)22)27(24,25)20-15(23)19-14-17-10(16)7-11(18-14)26-2/h4-7H,3H2,1-2H3,(H,21,22)(H2,17,18,19,20,23). The van der Waals surface area contributed by atoms with E-state index in [1.54, 1.807) is 11.6 Å². The molecule has 0 aliphatic heterocycles. The molecular weight excluding hydrogens is 400 g/mol. The molecule has 0 radical (unpaired) electrons. The average molecular weight is 415 g/mol. The molecule has 0 atom stereocenters. The predicted molar refractivity (Wildman–Crippen MR) is 95.7 cm³/mol. The molecule has 0 unspecified atom stereocenters. The Kier molecular flexibility index (Phi) is 6.18. The highest BCUT2D eigenvalue weighted by atomic mass is 35.5. The molecule has 0 saturated carbocycles. The van der Waals surface area contributed by atoms with E-state index in [2.05, 4.69) is 15.3 Å². The second kappa shape index (κ2) is 8.18. The summed E-state index contributed by atoms with van der Waals surface area (Å²) < 4.78 is 31.6. The van der Waals surface area contributed by atoms with E-state index in [0.29, 0.717) is 12.0 Å². The van der Waals surface area contributed by atoms with Gasteiger partial charge in [-0.15, -0.1) is 0 Å². The molecule has 0 aliphatic rings. The first-order chi connectivity index (χ1) is 12.7. The maximum absolute atomic E-state index is 12.5. The van der Waals surface area contributed by atoms with E-state index in [1.165, 1.54) is 25.3 Å².